The summed E-state index contributed by atoms with van der Waals surface area (Å²) < 4.78 is 0. The summed E-state index contributed by atoms with van der Waals surface area (Å²) in [6.07, 6.45) is 4.21. The highest BCUT2D eigenvalue weighted by Crippen LogP contribution is 2.29. The molecule has 2 heteroatoms. The third kappa shape index (κ3) is 6.91. The Morgan fingerprint density at radius 2 is 1.93 bits per heavy atom. The van der Waals surface area contributed by atoms with Crippen molar-refractivity contribution in [3.8, 4) is 0 Å². The van der Waals surface area contributed by atoms with Crippen molar-refractivity contribution in [2.75, 3.05) is 26.2 Å². The van der Waals surface area contributed by atoms with Crippen LogP contribution in [0.3, 0.4) is 0 Å². The zero-order valence-electron chi connectivity index (χ0n) is 11.0. The van der Waals surface area contributed by atoms with Crippen LogP contribution in [0.25, 0.3) is 0 Å². The quantitative estimate of drug-likeness (QED) is 0.652. The molecule has 0 saturated heterocycles. The highest BCUT2D eigenvalue weighted by atomic mass is 15.1. The molecule has 0 amide bonds. The van der Waals surface area contributed by atoms with E-state index in [1.165, 1.54) is 38.9 Å². The number of nitrogens with one attached hydrogen (secondary N) is 1. The van der Waals surface area contributed by atoms with Gasteiger partial charge in [-0.05, 0) is 65.6 Å². The molecule has 1 aliphatic carbocycles. The molecule has 0 spiro atoms. The lowest BCUT2D eigenvalue weighted by Gasteiger charge is -2.23. The van der Waals surface area contributed by atoms with Crippen LogP contribution in [0.4, 0.5) is 0 Å². The van der Waals surface area contributed by atoms with Gasteiger partial charge < -0.3 is 10.2 Å². The first kappa shape index (κ1) is 13.0. The smallest absolute Gasteiger partial charge is 0.00965 e. The van der Waals surface area contributed by atoms with Gasteiger partial charge in [-0.15, -0.1) is 0 Å². The lowest BCUT2D eigenvalue weighted by atomic mass is 10.1. The van der Waals surface area contributed by atoms with Gasteiger partial charge >= 0.3 is 0 Å². The molecule has 2 nitrogen and oxygen atoms in total. The second kappa shape index (κ2) is 5.86. The van der Waals surface area contributed by atoms with Crippen LogP contribution in [-0.2, 0) is 0 Å². The van der Waals surface area contributed by atoms with Gasteiger partial charge in [0.05, 0.1) is 0 Å². The average molecular weight is 212 g/mol. The SMILES string of the molecule is CCN(CCCNC(C)(C)C)CC1CC1. The van der Waals surface area contributed by atoms with E-state index < -0.39 is 0 Å². The van der Waals surface area contributed by atoms with Crippen molar-refractivity contribution in [2.24, 2.45) is 5.92 Å². The Labute approximate surface area is 95.4 Å². The summed E-state index contributed by atoms with van der Waals surface area (Å²) in [4.78, 5) is 2.60. The molecule has 1 rings (SSSR count). The van der Waals surface area contributed by atoms with Crippen LogP contribution in [0.15, 0.2) is 0 Å². The molecule has 1 N–H and O–H groups in total. The zero-order chi connectivity index (χ0) is 11.3. The maximum Gasteiger partial charge on any atom is 0.00965 e. The Morgan fingerprint density at radius 1 is 1.27 bits per heavy atom. The normalized spacial score (nSPS) is 17.4. The minimum atomic E-state index is 0.271. The molecule has 0 aliphatic heterocycles. The highest BCUT2D eigenvalue weighted by molar-refractivity contribution is 4.77. The number of hydrogen-bond acceptors (Lipinski definition) is 2. The van der Waals surface area contributed by atoms with Crippen LogP contribution in [0.1, 0.15) is 47.0 Å². The number of nitrogens with zero attached hydrogens (tertiary/aromatic N) is 1. The van der Waals surface area contributed by atoms with Gasteiger partial charge in [0.1, 0.15) is 0 Å². The fraction of sp³-hybridized carbons (Fsp3) is 1.00. The molecule has 90 valence electrons. The second-order valence-corrected chi connectivity index (χ2v) is 5.87. The van der Waals surface area contributed by atoms with Crippen molar-refractivity contribution in [2.45, 2.75) is 52.5 Å². The van der Waals surface area contributed by atoms with E-state index in [0.717, 1.165) is 12.5 Å². The zero-order valence-corrected chi connectivity index (χ0v) is 11.0. The van der Waals surface area contributed by atoms with Gasteiger partial charge in [-0.1, -0.05) is 6.92 Å². The van der Waals surface area contributed by atoms with Crippen LogP contribution in [-0.4, -0.2) is 36.6 Å². The van der Waals surface area contributed by atoms with E-state index in [0.29, 0.717) is 0 Å². The predicted octanol–water partition coefficient (Wildman–Crippen LogP) is 2.50. The van der Waals surface area contributed by atoms with Crippen molar-refractivity contribution in [3.05, 3.63) is 0 Å². The first-order valence-electron chi connectivity index (χ1n) is 6.48. The van der Waals surface area contributed by atoms with Crippen LogP contribution >= 0.6 is 0 Å². The lowest BCUT2D eigenvalue weighted by molar-refractivity contribution is 0.267. The number of rotatable bonds is 7. The third-order valence-corrected chi connectivity index (χ3v) is 2.97. The van der Waals surface area contributed by atoms with Gasteiger partial charge in [-0.25, -0.2) is 0 Å². The lowest BCUT2D eigenvalue weighted by Crippen LogP contribution is -2.38. The molecule has 0 unspecified atom stereocenters. The Kier molecular flexibility index (Phi) is 5.07. The van der Waals surface area contributed by atoms with E-state index >= 15 is 0 Å². The number of hydrogen-bond donors (Lipinski definition) is 1. The maximum absolute atomic E-state index is 3.54. The van der Waals surface area contributed by atoms with E-state index in [-0.39, 0.29) is 5.54 Å². The Hall–Kier alpha value is -0.0800. The Bertz CT molecular complexity index is 168. The standard InChI is InChI=1S/C13H28N2/c1-5-15(11-12-7-8-12)10-6-9-14-13(2,3)4/h12,14H,5-11H2,1-4H3. The van der Waals surface area contributed by atoms with Gasteiger partial charge in [-0.2, -0.15) is 0 Å². The van der Waals surface area contributed by atoms with Gasteiger partial charge in [0.2, 0.25) is 0 Å². The van der Waals surface area contributed by atoms with Gasteiger partial charge in [0, 0.05) is 12.1 Å². The summed E-state index contributed by atoms with van der Waals surface area (Å²) in [7, 11) is 0. The molecule has 0 radical (unpaired) electrons. The highest BCUT2D eigenvalue weighted by Gasteiger charge is 2.23. The molecule has 0 bridgehead atoms. The van der Waals surface area contributed by atoms with E-state index in [1.54, 1.807) is 0 Å². The van der Waals surface area contributed by atoms with Crippen LogP contribution in [0, 0.1) is 5.92 Å². The van der Waals surface area contributed by atoms with E-state index in [4.69, 9.17) is 0 Å². The van der Waals surface area contributed by atoms with E-state index in [9.17, 15) is 0 Å². The molecular weight excluding hydrogens is 184 g/mol. The molecule has 1 aliphatic rings. The molecule has 0 heterocycles. The van der Waals surface area contributed by atoms with Crippen molar-refractivity contribution >= 4 is 0 Å². The third-order valence-electron chi connectivity index (χ3n) is 2.97. The summed E-state index contributed by atoms with van der Waals surface area (Å²) in [5.74, 6) is 1.03. The summed E-state index contributed by atoms with van der Waals surface area (Å²) in [5.41, 5.74) is 0.271. The fourth-order valence-electron chi connectivity index (χ4n) is 1.81. The maximum atomic E-state index is 3.54. The van der Waals surface area contributed by atoms with Crippen molar-refractivity contribution in [3.63, 3.8) is 0 Å². The monoisotopic (exact) mass is 212 g/mol. The van der Waals surface area contributed by atoms with Gasteiger partial charge in [-0.3, -0.25) is 0 Å². The summed E-state index contributed by atoms with van der Waals surface area (Å²) in [6.45, 7) is 13.9. The van der Waals surface area contributed by atoms with Crippen LogP contribution < -0.4 is 5.32 Å². The minimum absolute atomic E-state index is 0.271. The van der Waals surface area contributed by atoms with Crippen LogP contribution in [0.5, 0.6) is 0 Å². The summed E-state index contributed by atoms with van der Waals surface area (Å²) in [5, 5.41) is 3.54. The van der Waals surface area contributed by atoms with Crippen molar-refractivity contribution in [1.29, 1.82) is 0 Å². The summed E-state index contributed by atoms with van der Waals surface area (Å²) >= 11 is 0. The van der Waals surface area contributed by atoms with E-state index in [1.807, 2.05) is 0 Å². The molecule has 15 heavy (non-hydrogen) atoms. The summed E-state index contributed by atoms with van der Waals surface area (Å²) in [6, 6.07) is 0. The fourth-order valence-corrected chi connectivity index (χ4v) is 1.81. The predicted molar refractivity (Wildman–Crippen MR) is 67.2 cm³/mol. The van der Waals surface area contributed by atoms with E-state index in [2.05, 4.69) is 37.9 Å². The molecule has 0 aromatic heterocycles. The van der Waals surface area contributed by atoms with Gasteiger partial charge in [0.25, 0.3) is 0 Å². The first-order chi connectivity index (χ1) is 7.01. The molecular formula is C13H28N2. The van der Waals surface area contributed by atoms with Gasteiger partial charge in [0.15, 0.2) is 0 Å². The second-order valence-electron chi connectivity index (χ2n) is 5.87. The molecule has 0 aromatic carbocycles. The molecule has 0 aromatic rings. The minimum Gasteiger partial charge on any atom is -0.312 e. The topological polar surface area (TPSA) is 15.3 Å². The molecule has 1 saturated carbocycles. The molecule has 1 fully saturated rings. The Morgan fingerprint density at radius 3 is 2.40 bits per heavy atom. The first-order valence-corrected chi connectivity index (χ1v) is 6.48. The average Bonchev–Trinajstić information content (AvgIpc) is 2.92. The largest absolute Gasteiger partial charge is 0.312 e. The van der Waals surface area contributed by atoms with Crippen molar-refractivity contribution < 1.29 is 0 Å². The van der Waals surface area contributed by atoms with Crippen LogP contribution in [0.2, 0.25) is 0 Å². The molecule has 0 atom stereocenters. The Balaban J connectivity index is 2.01. The van der Waals surface area contributed by atoms with Crippen molar-refractivity contribution in [1.82, 2.24) is 10.2 Å².